The standard InChI is InChI=1S/C19H20ClN3O5S/c20-17-9-6-15(12-18(17)23(25)26)19(24)21-13-14-4-7-16(8-5-14)29(27,28)22-10-2-1-3-11-22/h4-9,12H,1-3,10-11,13H2,(H,21,24). The zero-order valence-electron chi connectivity index (χ0n) is 15.5. The number of halogens is 1. The molecule has 1 N–H and O–H groups in total. The van der Waals surface area contributed by atoms with Crippen molar-refractivity contribution in [1.29, 1.82) is 0 Å². The number of benzene rings is 2. The van der Waals surface area contributed by atoms with Crippen molar-refractivity contribution < 1.29 is 18.1 Å². The van der Waals surface area contributed by atoms with Crippen molar-refractivity contribution in [3.8, 4) is 0 Å². The van der Waals surface area contributed by atoms with Crippen LogP contribution in [0.3, 0.4) is 0 Å². The summed E-state index contributed by atoms with van der Waals surface area (Å²) in [6.07, 6.45) is 2.78. The molecule has 0 spiro atoms. The zero-order valence-corrected chi connectivity index (χ0v) is 17.1. The van der Waals surface area contributed by atoms with Crippen molar-refractivity contribution in [3.05, 3.63) is 68.7 Å². The molecule has 0 radical (unpaired) electrons. The van der Waals surface area contributed by atoms with Gasteiger partial charge < -0.3 is 5.32 Å². The van der Waals surface area contributed by atoms with E-state index in [0.717, 1.165) is 25.3 Å². The topological polar surface area (TPSA) is 110 Å². The smallest absolute Gasteiger partial charge is 0.288 e. The highest BCUT2D eigenvalue weighted by Crippen LogP contribution is 2.25. The molecular weight excluding hydrogens is 418 g/mol. The van der Waals surface area contributed by atoms with Crippen LogP contribution in [-0.4, -0.2) is 36.6 Å². The van der Waals surface area contributed by atoms with E-state index in [1.165, 1.54) is 28.6 Å². The minimum Gasteiger partial charge on any atom is -0.348 e. The summed E-state index contributed by atoms with van der Waals surface area (Å²) in [6, 6.07) is 10.2. The van der Waals surface area contributed by atoms with E-state index in [1.807, 2.05) is 0 Å². The highest BCUT2D eigenvalue weighted by atomic mass is 35.5. The summed E-state index contributed by atoms with van der Waals surface area (Å²) in [6.45, 7) is 1.22. The molecule has 3 rings (SSSR count). The maximum absolute atomic E-state index is 12.7. The van der Waals surface area contributed by atoms with Crippen molar-refractivity contribution in [2.45, 2.75) is 30.7 Å². The van der Waals surface area contributed by atoms with Gasteiger partial charge in [-0.3, -0.25) is 14.9 Å². The van der Waals surface area contributed by atoms with Crippen LogP contribution in [0.25, 0.3) is 0 Å². The lowest BCUT2D eigenvalue weighted by molar-refractivity contribution is -0.384. The fraction of sp³-hybridized carbons (Fsp3) is 0.316. The molecule has 1 amide bonds. The Morgan fingerprint density at radius 1 is 1.10 bits per heavy atom. The minimum absolute atomic E-state index is 0.0444. The highest BCUT2D eigenvalue weighted by Gasteiger charge is 2.25. The SMILES string of the molecule is O=C(NCc1ccc(S(=O)(=O)N2CCCCC2)cc1)c1ccc(Cl)c([N+](=O)[O-])c1. The van der Waals surface area contributed by atoms with E-state index in [4.69, 9.17) is 11.6 Å². The van der Waals surface area contributed by atoms with Gasteiger partial charge in [-0.2, -0.15) is 4.31 Å². The van der Waals surface area contributed by atoms with Crippen molar-refractivity contribution in [3.63, 3.8) is 0 Å². The molecule has 1 heterocycles. The number of hydrogen-bond acceptors (Lipinski definition) is 5. The molecule has 1 fully saturated rings. The number of nitro benzene ring substituents is 1. The van der Waals surface area contributed by atoms with Crippen LogP contribution in [0.5, 0.6) is 0 Å². The number of sulfonamides is 1. The first-order valence-corrected chi connectivity index (χ1v) is 10.9. The van der Waals surface area contributed by atoms with Crippen LogP contribution < -0.4 is 5.32 Å². The van der Waals surface area contributed by atoms with E-state index < -0.39 is 20.9 Å². The van der Waals surface area contributed by atoms with Crippen molar-refractivity contribution in [2.75, 3.05) is 13.1 Å². The lowest BCUT2D eigenvalue weighted by Crippen LogP contribution is -2.35. The molecule has 8 nitrogen and oxygen atoms in total. The molecule has 10 heteroatoms. The normalized spacial score (nSPS) is 15.1. The number of carbonyl (C=O) groups is 1. The summed E-state index contributed by atoms with van der Waals surface area (Å²) in [5, 5.41) is 13.6. The summed E-state index contributed by atoms with van der Waals surface area (Å²) in [5.74, 6) is -0.491. The van der Waals surface area contributed by atoms with Gasteiger partial charge in [-0.25, -0.2) is 8.42 Å². The molecule has 0 saturated carbocycles. The molecule has 1 saturated heterocycles. The van der Waals surface area contributed by atoms with E-state index in [2.05, 4.69) is 5.32 Å². The molecule has 0 aromatic heterocycles. The van der Waals surface area contributed by atoms with Gasteiger partial charge in [-0.1, -0.05) is 30.2 Å². The number of nitro groups is 1. The number of nitrogens with zero attached hydrogens (tertiary/aromatic N) is 2. The largest absolute Gasteiger partial charge is 0.348 e. The number of nitrogens with one attached hydrogen (secondary N) is 1. The molecule has 1 aliphatic rings. The van der Waals surface area contributed by atoms with Gasteiger partial charge in [0.15, 0.2) is 0 Å². The number of carbonyl (C=O) groups excluding carboxylic acids is 1. The molecule has 0 atom stereocenters. The third-order valence-electron chi connectivity index (χ3n) is 4.73. The van der Waals surface area contributed by atoms with Gasteiger partial charge >= 0.3 is 0 Å². The fourth-order valence-electron chi connectivity index (χ4n) is 3.11. The van der Waals surface area contributed by atoms with Crippen LogP contribution in [0.2, 0.25) is 5.02 Å². The number of hydrogen-bond donors (Lipinski definition) is 1. The Kier molecular flexibility index (Phi) is 6.51. The average Bonchev–Trinajstić information content (AvgIpc) is 2.73. The van der Waals surface area contributed by atoms with Gasteiger partial charge in [0.2, 0.25) is 10.0 Å². The lowest BCUT2D eigenvalue weighted by Gasteiger charge is -2.25. The molecule has 0 bridgehead atoms. The monoisotopic (exact) mass is 437 g/mol. The van der Waals surface area contributed by atoms with Crippen molar-refractivity contribution in [1.82, 2.24) is 9.62 Å². The Morgan fingerprint density at radius 3 is 2.38 bits per heavy atom. The Hall–Kier alpha value is -2.49. The number of piperidine rings is 1. The predicted octanol–water partition coefficient (Wildman–Crippen LogP) is 3.35. The molecule has 2 aromatic rings. The van der Waals surface area contributed by atoms with Crippen molar-refractivity contribution in [2.24, 2.45) is 0 Å². The summed E-state index contributed by atoms with van der Waals surface area (Å²) >= 11 is 5.75. The minimum atomic E-state index is -3.50. The summed E-state index contributed by atoms with van der Waals surface area (Å²) in [7, 11) is -3.50. The average molecular weight is 438 g/mol. The van der Waals surface area contributed by atoms with E-state index in [-0.39, 0.29) is 27.7 Å². The van der Waals surface area contributed by atoms with Gasteiger partial charge in [0.1, 0.15) is 5.02 Å². The third kappa shape index (κ3) is 4.92. The Labute approximate surface area is 173 Å². The molecule has 0 unspecified atom stereocenters. The Bertz CT molecular complexity index is 1020. The zero-order chi connectivity index (χ0) is 21.0. The van der Waals surface area contributed by atoms with Gasteiger partial charge in [-0.05, 0) is 42.7 Å². The Balaban J connectivity index is 1.65. The maximum atomic E-state index is 12.7. The first-order valence-electron chi connectivity index (χ1n) is 9.10. The van der Waals surface area contributed by atoms with Gasteiger partial charge in [-0.15, -0.1) is 0 Å². The number of amides is 1. The van der Waals surface area contributed by atoms with E-state index in [9.17, 15) is 23.3 Å². The summed E-state index contributed by atoms with van der Waals surface area (Å²) in [4.78, 5) is 22.8. The third-order valence-corrected chi connectivity index (χ3v) is 6.97. The van der Waals surface area contributed by atoms with Crippen LogP contribution in [0, 0.1) is 10.1 Å². The van der Waals surface area contributed by atoms with Crippen LogP contribution >= 0.6 is 11.6 Å². The lowest BCUT2D eigenvalue weighted by atomic mass is 10.1. The summed E-state index contributed by atoms with van der Waals surface area (Å²) < 4.78 is 26.8. The van der Waals surface area contributed by atoms with Gasteiger partial charge in [0, 0.05) is 31.3 Å². The highest BCUT2D eigenvalue weighted by molar-refractivity contribution is 7.89. The Morgan fingerprint density at radius 2 is 1.76 bits per heavy atom. The first kappa shape index (κ1) is 21.2. The first-order chi connectivity index (χ1) is 13.8. The van der Waals surface area contributed by atoms with Crippen LogP contribution in [-0.2, 0) is 16.6 Å². The molecule has 1 aliphatic heterocycles. The van der Waals surface area contributed by atoms with Crippen LogP contribution in [0.1, 0.15) is 35.2 Å². The second kappa shape index (κ2) is 8.89. The maximum Gasteiger partial charge on any atom is 0.288 e. The predicted molar refractivity (Wildman–Crippen MR) is 108 cm³/mol. The van der Waals surface area contributed by atoms with Crippen LogP contribution in [0.15, 0.2) is 47.4 Å². The van der Waals surface area contributed by atoms with E-state index in [1.54, 1.807) is 12.1 Å². The second-order valence-electron chi connectivity index (χ2n) is 6.71. The molecule has 2 aromatic carbocycles. The molecule has 29 heavy (non-hydrogen) atoms. The fourth-order valence-corrected chi connectivity index (χ4v) is 4.82. The van der Waals surface area contributed by atoms with E-state index in [0.29, 0.717) is 18.7 Å². The van der Waals surface area contributed by atoms with Gasteiger partial charge in [0.05, 0.1) is 9.82 Å². The second-order valence-corrected chi connectivity index (χ2v) is 9.06. The molecule has 0 aliphatic carbocycles. The van der Waals surface area contributed by atoms with Gasteiger partial charge in [0.25, 0.3) is 11.6 Å². The molecular formula is C19H20ClN3O5S. The summed E-state index contributed by atoms with van der Waals surface area (Å²) in [5.41, 5.74) is 0.483. The quantitative estimate of drug-likeness (QED) is 0.550. The van der Waals surface area contributed by atoms with Crippen LogP contribution in [0.4, 0.5) is 5.69 Å². The number of rotatable bonds is 6. The van der Waals surface area contributed by atoms with Crippen molar-refractivity contribution >= 4 is 33.2 Å². The van der Waals surface area contributed by atoms with E-state index >= 15 is 0 Å². The molecule has 154 valence electrons.